The van der Waals surface area contributed by atoms with Gasteiger partial charge in [0.2, 0.25) is 0 Å². The molecule has 2 heterocycles. The molecule has 186 valence electrons. The topological polar surface area (TPSA) is 134 Å². The van der Waals surface area contributed by atoms with Crippen LogP contribution in [0.3, 0.4) is 0 Å². The number of rotatable bonds is 11. The number of carbonyl (C=O) groups is 2. The summed E-state index contributed by atoms with van der Waals surface area (Å²) in [6.07, 6.45) is 2.65. The van der Waals surface area contributed by atoms with Crippen LogP contribution in [0.2, 0.25) is 0 Å². The van der Waals surface area contributed by atoms with Gasteiger partial charge in [0.1, 0.15) is 25.9 Å². The summed E-state index contributed by atoms with van der Waals surface area (Å²) in [4.78, 5) is 38.6. The summed E-state index contributed by atoms with van der Waals surface area (Å²) in [5.74, 6) is -0.542. The van der Waals surface area contributed by atoms with E-state index in [9.17, 15) is 9.59 Å². The fraction of sp³-hybridized carbons (Fsp3) is 0.348. The van der Waals surface area contributed by atoms with Crippen molar-refractivity contribution in [3.63, 3.8) is 0 Å². The van der Waals surface area contributed by atoms with Crippen LogP contribution in [0.4, 0.5) is 10.5 Å². The number of morpholine rings is 1. The molecule has 1 aliphatic rings. The standard InChI is InChI=1S/C23H27N5O7/c1-4-11-33-20-25-21(34-12-5-2)27-22(26-20)35-15-16-14-28(10-13-32-16)23(30)24-18-9-7-6-8-17(18)19(29)31-3/h4-9,16H,1-2,10-15H2,3H3,(H,24,30). The molecule has 35 heavy (non-hydrogen) atoms. The lowest BCUT2D eigenvalue weighted by Gasteiger charge is -2.32. The highest BCUT2D eigenvalue weighted by atomic mass is 16.6. The van der Waals surface area contributed by atoms with Crippen LogP contribution in [-0.2, 0) is 9.47 Å². The molecule has 2 aromatic rings. The van der Waals surface area contributed by atoms with Gasteiger partial charge in [0.05, 0.1) is 31.5 Å². The van der Waals surface area contributed by atoms with Crippen molar-refractivity contribution in [1.82, 2.24) is 19.9 Å². The monoisotopic (exact) mass is 485 g/mol. The molecule has 1 saturated heterocycles. The van der Waals surface area contributed by atoms with E-state index >= 15 is 0 Å². The zero-order valence-corrected chi connectivity index (χ0v) is 19.3. The number of esters is 1. The maximum atomic E-state index is 12.8. The summed E-state index contributed by atoms with van der Waals surface area (Å²) in [6.45, 7) is 8.54. The molecule has 0 saturated carbocycles. The van der Waals surface area contributed by atoms with Crippen LogP contribution in [0.15, 0.2) is 49.6 Å². The third kappa shape index (κ3) is 7.40. The average molecular weight is 485 g/mol. The molecule has 0 aliphatic carbocycles. The van der Waals surface area contributed by atoms with Crippen LogP contribution in [0, 0.1) is 0 Å². The highest BCUT2D eigenvalue weighted by Gasteiger charge is 2.26. The minimum atomic E-state index is -0.542. The molecular weight excluding hydrogens is 458 g/mol. The van der Waals surface area contributed by atoms with E-state index in [1.54, 1.807) is 41.3 Å². The summed E-state index contributed by atoms with van der Waals surface area (Å²) in [5.41, 5.74) is 0.614. The van der Waals surface area contributed by atoms with Crippen molar-refractivity contribution in [1.29, 1.82) is 0 Å². The van der Waals surface area contributed by atoms with Gasteiger partial charge in [-0.25, -0.2) is 9.59 Å². The molecule has 1 aromatic carbocycles. The Morgan fingerprint density at radius 2 is 1.71 bits per heavy atom. The highest BCUT2D eigenvalue weighted by Crippen LogP contribution is 2.19. The number of nitrogens with zero attached hydrogens (tertiary/aromatic N) is 4. The van der Waals surface area contributed by atoms with E-state index in [0.717, 1.165) is 0 Å². The number of hydrogen-bond acceptors (Lipinski definition) is 10. The molecule has 1 aliphatic heterocycles. The first-order chi connectivity index (χ1) is 17.0. The molecule has 12 heteroatoms. The number of hydrogen-bond donors (Lipinski definition) is 1. The zero-order chi connectivity index (χ0) is 25.0. The predicted molar refractivity (Wildman–Crippen MR) is 125 cm³/mol. The summed E-state index contributed by atoms with van der Waals surface area (Å²) in [6, 6.07) is 6.24. The SMILES string of the molecule is C=CCOc1nc(OCC=C)nc(OCC2CN(C(=O)Nc3ccccc3C(=O)OC)CCO2)n1. The zero-order valence-electron chi connectivity index (χ0n) is 19.3. The first-order valence-electron chi connectivity index (χ1n) is 10.7. The smallest absolute Gasteiger partial charge is 0.339 e. The van der Waals surface area contributed by atoms with Crippen LogP contribution < -0.4 is 19.5 Å². The average Bonchev–Trinajstić information content (AvgIpc) is 2.89. The van der Waals surface area contributed by atoms with Crippen LogP contribution >= 0.6 is 0 Å². The second kappa shape index (κ2) is 12.9. The van der Waals surface area contributed by atoms with E-state index in [4.69, 9.17) is 23.7 Å². The Bertz CT molecular complexity index is 1020. The number of amides is 2. The van der Waals surface area contributed by atoms with Gasteiger partial charge in [0.25, 0.3) is 0 Å². The lowest BCUT2D eigenvalue weighted by Crippen LogP contribution is -2.49. The molecule has 3 rings (SSSR count). The van der Waals surface area contributed by atoms with Crippen molar-refractivity contribution in [2.24, 2.45) is 0 Å². The maximum Gasteiger partial charge on any atom is 0.339 e. The number of aromatic nitrogens is 3. The predicted octanol–water partition coefficient (Wildman–Crippen LogP) is 2.10. The van der Waals surface area contributed by atoms with Crippen LogP contribution in [0.1, 0.15) is 10.4 Å². The normalized spacial score (nSPS) is 15.0. The molecule has 12 nitrogen and oxygen atoms in total. The van der Waals surface area contributed by atoms with E-state index < -0.39 is 12.1 Å². The molecule has 1 unspecified atom stereocenters. The Morgan fingerprint density at radius 1 is 1.09 bits per heavy atom. The second-order valence-electron chi connectivity index (χ2n) is 7.10. The van der Waals surface area contributed by atoms with Crippen molar-refractivity contribution in [3.05, 3.63) is 55.1 Å². The number of ether oxygens (including phenoxy) is 5. The van der Waals surface area contributed by atoms with E-state index in [-0.39, 0.29) is 56.0 Å². The third-order valence-electron chi connectivity index (χ3n) is 4.63. The Morgan fingerprint density at radius 3 is 2.34 bits per heavy atom. The molecule has 2 amide bonds. The van der Waals surface area contributed by atoms with Gasteiger partial charge in [0, 0.05) is 6.54 Å². The quantitative estimate of drug-likeness (QED) is 0.372. The van der Waals surface area contributed by atoms with Gasteiger partial charge in [0.15, 0.2) is 0 Å². The van der Waals surface area contributed by atoms with Crippen molar-refractivity contribution in [2.75, 3.05) is 51.9 Å². The fourth-order valence-electron chi connectivity index (χ4n) is 3.03. The van der Waals surface area contributed by atoms with E-state index in [2.05, 4.69) is 33.4 Å². The second-order valence-corrected chi connectivity index (χ2v) is 7.10. The Hall–Kier alpha value is -4.19. The molecule has 0 bridgehead atoms. The molecule has 0 spiro atoms. The first kappa shape index (κ1) is 25.4. The van der Waals surface area contributed by atoms with Crippen molar-refractivity contribution < 1.29 is 33.3 Å². The number of methoxy groups -OCH3 is 1. The number of nitrogens with one attached hydrogen (secondary N) is 1. The van der Waals surface area contributed by atoms with Gasteiger partial charge in [-0.15, -0.1) is 15.0 Å². The molecule has 1 N–H and O–H groups in total. The molecule has 1 fully saturated rings. The van der Waals surface area contributed by atoms with Gasteiger partial charge in [-0.2, -0.15) is 0 Å². The number of urea groups is 1. The lowest BCUT2D eigenvalue weighted by atomic mass is 10.2. The minimum absolute atomic E-state index is 0.0174. The van der Waals surface area contributed by atoms with E-state index in [1.807, 2.05) is 0 Å². The number of anilines is 1. The Labute approximate surface area is 202 Å². The maximum absolute atomic E-state index is 12.8. The van der Waals surface area contributed by atoms with Gasteiger partial charge < -0.3 is 33.9 Å². The molecule has 0 radical (unpaired) electrons. The van der Waals surface area contributed by atoms with Crippen LogP contribution in [-0.4, -0.2) is 84.6 Å². The molecule has 1 atom stereocenters. The first-order valence-corrected chi connectivity index (χ1v) is 10.7. The summed E-state index contributed by atoms with van der Waals surface area (Å²) >= 11 is 0. The largest absolute Gasteiger partial charge is 0.465 e. The third-order valence-corrected chi connectivity index (χ3v) is 4.63. The summed E-state index contributed by atoms with van der Waals surface area (Å²) in [5, 5.41) is 2.75. The minimum Gasteiger partial charge on any atom is -0.465 e. The van der Waals surface area contributed by atoms with Crippen LogP contribution in [0.25, 0.3) is 0 Å². The van der Waals surface area contributed by atoms with Crippen molar-refractivity contribution >= 4 is 17.7 Å². The molecular formula is C23H27N5O7. The Kier molecular flexibility index (Phi) is 9.37. The summed E-state index contributed by atoms with van der Waals surface area (Å²) < 4.78 is 26.9. The van der Waals surface area contributed by atoms with Crippen LogP contribution in [0.5, 0.6) is 18.0 Å². The number of para-hydroxylation sites is 1. The molecule has 1 aromatic heterocycles. The number of benzene rings is 1. The fourth-order valence-corrected chi connectivity index (χ4v) is 3.03. The van der Waals surface area contributed by atoms with Crippen molar-refractivity contribution in [2.45, 2.75) is 6.10 Å². The van der Waals surface area contributed by atoms with E-state index in [0.29, 0.717) is 18.8 Å². The van der Waals surface area contributed by atoms with Crippen molar-refractivity contribution in [3.8, 4) is 18.0 Å². The van der Waals surface area contributed by atoms with Gasteiger partial charge in [-0.3, -0.25) is 0 Å². The van der Waals surface area contributed by atoms with E-state index in [1.165, 1.54) is 7.11 Å². The van der Waals surface area contributed by atoms with Gasteiger partial charge in [-0.05, 0) is 12.1 Å². The van der Waals surface area contributed by atoms with Gasteiger partial charge >= 0.3 is 30.0 Å². The highest BCUT2D eigenvalue weighted by molar-refractivity contribution is 6.00. The number of carbonyl (C=O) groups excluding carboxylic acids is 2. The van der Waals surface area contributed by atoms with Gasteiger partial charge in [-0.1, -0.05) is 37.4 Å². The lowest BCUT2D eigenvalue weighted by molar-refractivity contribution is -0.0353. The Balaban J connectivity index is 1.61. The summed E-state index contributed by atoms with van der Waals surface area (Å²) in [7, 11) is 1.28.